The minimum absolute atomic E-state index is 0.121. The molecule has 0 saturated carbocycles. The van der Waals surface area contributed by atoms with Gasteiger partial charge in [-0.1, -0.05) is 24.6 Å². The summed E-state index contributed by atoms with van der Waals surface area (Å²) in [6, 6.07) is 6.33. The quantitative estimate of drug-likeness (QED) is 0.765. The van der Waals surface area contributed by atoms with Crippen LogP contribution in [-0.4, -0.2) is 23.9 Å². The predicted molar refractivity (Wildman–Crippen MR) is 67.8 cm³/mol. The van der Waals surface area contributed by atoms with Crippen LogP contribution in [0.1, 0.15) is 42.3 Å². The Labute approximate surface area is 98.3 Å². The first-order chi connectivity index (χ1) is 7.47. The summed E-state index contributed by atoms with van der Waals surface area (Å²) in [6.45, 7) is 8.15. The zero-order valence-electron chi connectivity index (χ0n) is 10.9. The van der Waals surface area contributed by atoms with Gasteiger partial charge in [0.1, 0.15) is 0 Å². The Balaban J connectivity index is 3.11. The molecule has 1 aromatic carbocycles. The van der Waals surface area contributed by atoms with Crippen molar-refractivity contribution in [3.05, 3.63) is 34.9 Å². The summed E-state index contributed by atoms with van der Waals surface area (Å²) in [5.41, 5.74) is 3.11. The number of aryl methyl sites for hydroxylation is 2. The van der Waals surface area contributed by atoms with Crippen LogP contribution in [0.3, 0.4) is 0 Å². The Morgan fingerprint density at radius 3 is 2.50 bits per heavy atom. The fourth-order valence-electron chi connectivity index (χ4n) is 1.62. The van der Waals surface area contributed by atoms with Crippen molar-refractivity contribution in [3.63, 3.8) is 0 Å². The van der Waals surface area contributed by atoms with Gasteiger partial charge in [0.15, 0.2) is 0 Å². The number of benzene rings is 1. The maximum absolute atomic E-state index is 12.2. The Bertz CT molecular complexity index is 382. The molecule has 0 heterocycles. The first-order valence-corrected chi connectivity index (χ1v) is 5.84. The van der Waals surface area contributed by atoms with E-state index in [0.29, 0.717) is 0 Å². The highest BCUT2D eigenvalue weighted by molar-refractivity contribution is 5.95. The van der Waals surface area contributed by atoms with E-state index in [9.17, 15) is 4.79 Å². The molecule has 0 radical (unpaired) electrons. The molecule has 1 rings (SSSR count). The molecular formula is C14H21NO. The molecule has 0 bridgehead atoms. The lowest BCUT2D eigenvalue weighted by atomic mass is 10.0. The van der Waals surface area contributed by atoms with Crippen LogP contribution >= 0.6 is 0 Å². The van der Waals surface area contributed by atoms with Gasteiger partial charge >= 0.3 is 0 Å². The van der Waals surface area contributed by atoms with E-state index >= 15 is 0 Å². The minimum atomic E-state index is 0.121. The number of hydrogen-bond donors (Lipinski definition) is 0. The zero-order chi connectivity index (χ0) is 12.3. The first-order valence-electron chi connectivity index (χ1n) is 5.84. The van der Waals surface area contributed by atoms with Gasteiger partial charge in [0.05, 0.1) is 0 Å². The Hall–Kier alpha value is -1.31. The van der Waals surface area contributed by atoms with E-state index in [-0.39, 0.29) is 11.9 Å². The molecule has 1 aromatic rings. The maximum Gasteiger partial charge on any atom is 0.254 e. The van der Waals surface area contributed by atoms with Gasteiger partial charge in [0.25, 0.3) is 5.91 Å². The van der Waals surface area contributed by atoms with Gasteiger partial charge in [-0.2, -0.15) is 0 Å². The summed E-state index contributed by atoms with van der Waals surface area (Å²) in [7, 11) is 1.86. The van der Waals surface area contributed by atoms with Crippen LogP contribution < -0.4 is 0 Å². The summed E-state index contributed by atoms with van der Waals surface area (Å²) in [5.74, 6) is 0.121. The van der Waals surface area contributed by atoms with Crippen molar-refractivity contribution in [1.82, 2.24) is 4.90 Å². The molecule has 1 amide bonds. The van der Waals surface area contributed by atoms with E-state index in [1.165, 1.54) is 0 Å². The number of carbonyl (C=O) groups is 1. The second-order valence-corrected chi connectivity index (χ2v) is 4.52. The number of hydrogen-bond acceptors (Lipinski definition) is 1. The lowest BCUT2D eigenvalue weighted by Crippen LogP contribution is -2.33. The highest BCUT2D eigenvalue weighted by Gasteiger charge is 2.17. The van der Waals surface area contributed by atoms with E-state index in [2.05, 4.69) is 19.1 Å². The number of amides is 1. The molecular weight excluding hydrogens is 198 g/mol. The lowest BCUT2D eigenvalue weighted by molar-refractivity contribution is 0.0754. The molecule has 0 saturated heterocycles. The van der Waals surface area contributed by atoms with Crippen molar-refractivity contribution >= 4 is 5.91 Å². The van der Waals surface area contributed by atoms with Gasteiger partial charge in [-0.15, -0.1) is 0 Å². The molecule has 2 nitrogen and oxygen atoms in total. The van der Waals surface area contributed by atoms with Gasteiger partial charge in [-0.05, 0) is 38.8 Å². The van der Waals surface area contributed by atoms with E-state index in [0.717, 1.165) is 23.1 Å². The van der Waals surface area contributed by atoms with Crippen LogP contribution in [0.15, 0.2) is 18.2 Å². The van der Waals surface area contributed by atoms with E-state index < -0.39 is 0 Å². The van der Waals surface area contributed by atoms with Gasteiger partial charge in [0, 0.05) is 18.7 Å². The summed E-state index contributed by atoms with van der Waals surface area (Å²) >= 11 is 0. The lowest BCUT2D eigenvalue weighted by Gasteiger charge is -2.23. The summed E-state index contributed by atoms with van der Waals surface area (Å²) in [6.07, 6.45) is 0.896. The zero-order valence-corrected chi connectivity index (χ0v) is 10.9. The number of nitrogens with zero attached hydrogens (tertiary/aromatic N) is 1. The molecule has 0 aromatic heterocycles. The van der Waals surface area contributed by atoms with Crippen molar-refractivity contribution in [3.8, 4) is 0 Å². The monoisotopic (exact) mass is 219 g/mol. The summed E-state index contributed by atoms with van der Waals surface area (Å²) in [4.78, 5) is 14.0. The molecule has 16 heavy (non-hydrogen) atoms. The summed E-state index contributed by atoms with van der Waals surface area (Å²) < 4.78 is 0. The van der Waals surface area contributed by atoms with Crippen molar-refractivity contribution in [2.75, 3.05) is 7.05 Å². The fraction of sp³-hybridized carbons (Fsp3) is 0.500. The average Bonchev–Trinajstić information content (AvgIpc) is 2.26. The average molecular weight is 219 g/mol. The third-order valence-electron chi connectivity index (χ3n) is 2.97. The van der Waals surface area contributed by atoms with Gasteiger partial charge < -0.3 is 4.90 Å². The van der Waals surface area contributed by atoms with Gasteiger partial charge in [-0.25, -0.2) is 0 Å². The number of rotatable bonds is 3. The third-order valence-corrected chi connectivity index (χ3v) is 2.97. The molecule has 2 heteroatoms. The van der Waals surface area contributed by atoms with Crippen LogP contribution in [0.2, 0.25) is 0 Å². The smallest absolute Gasteiger partial charge is 0.254 e. The fourth-order valence-corrected chi connectivity index (χ4v) is 1.62. The number of carbonyl (C=O) groups excluding carboxylic acids is 1. The Morgan fingerprint density at radius 2 is 2.00 bits per heavy atom. The maximum atomic E-state index is 12.2. The van der Waals surface area contributed by atoms with Crippen molar-refractivity contribution in [2.24, 2.45) is 0 Å². The molecule has 0 aliphatic carbocycles. The Morgan fingerprint density at radius 1 is 1.38 bits per heavy atom. The van der Waals surface area contributed by atoms with E-state index in [1.54, 1.807) is 4.90 Å². The van der Waals surface area contributed by atoms with Crippen molar-refractivity contribution in [2.45, 2.75) is 40.2 Å². The highest BCUT2D eigenvalue weighted by Crippen LogP contribution is 2.15. The second kappa shape index (κ2) is 5.15. The molecule has 0 atom stereocenters. The molecule has 0 aliphatic rings. The molecule has 0 fully saturated rings. The topological polar surface area (TPSA) is 20.3 Å². The van der Waals surface area contributed by atoms with Crippen LogP contribution in [-0.2, 0) is 6.42 Å². The van der Waals surface area contributed by atoms with E-state index in [1.807, 2.05) is 33.9 Å². The summed E-state index contributed by atoms with van der Waals surface area (Å²) in [5, 5.41) is 0. The van der Waals surface area contributed by atoms with Crippen LogP contribution in [0, 0.1) is 6.92 Å². The normalized spacial score (nSPS) is 10.6. The molecule has 0 spiro atoms. The molecule has 88 valence electrons. The first kappa shape index (κ1) is 12.8. The SMILES string of the molecule is CCc1ccc(C)cc1C(=O)N(C)C(C)C. The van der Waals surface area contributed by atoms with Gasteiger partial charge in [-0.3, -0.25) is 4.79 Å². The van der Waals surface area contributed by atoms with Crippen LogP contribution in [0.4, 0.5) is 0 Å². The predicted octanol–water partition coefficient (Wildman–Crippen LogP) is 3.04. The minimum Gasteiger partial charge on any atom is -0.339 e. The second-order valence-electron chi connectivity index (χ2n) is 4.52. The third kappa shape index (κ3) is 2.63. The van der Waals surface area contributed by atoms with Crippen molar-refractivity contribution < 1.29 is 4.79 Å². The Kier molecular flexibility index (Phi) is 4.11. The molecule has 0 aliphatic heterocycles. The molecule has 0 unspecified atom stereocenters. The van der Waals surface area contributed by atoms with Crippen LogP contribution in [0.25, 0.3) is 0 Å². The van der Waals surface area contributed by atoms with Crippen molar-refractivity contribution in [1.29, 1.82) is 0 Å². The van der Waals surface area contributed by atoms with Crippen LogP contribution in [0.5, 0.6) is 0 Å². The van der Waals surface area contributed by atoms with Gasteiger partial charge in [0.2, 0.25) is 0 Å². The highest BCUT2D eigenvalue weighted by atomic mass is 16.2. The molecule has 0 N–H and O–H groups in total. The largest absolute Gasteiger partial charge is 0.339 e. The standard InChI is InChI=1S/C14H21NO/c1-6-12-8-7-11(4)9-13(12)14(16)15(5)10(2)3/h7-10H,6H2,1-5H3. The van der Waals surface area contributed by atoms with E-state index in [4.69, 9.17) is 0 Å².